The molecule has 0 spiro atoms. The third-order valence-corrected chi connectivity index (χ3v) is 2.83. The first-order chi connectivity index (χ1) is 8.83. The molecule has 92 valence electrons. The van der Waals surface area contributed by atoms with Crippen LogP contribution in [0.25, 0.3) is 10.9 Å². The summed E-state index contributed by atoms with van der Waals surface area (Å²) in [5.74, 6) is -0.0654. The third-order valence-electron chi connectivity index (χ3n) is 2.83. The van der Waals surface area contributed by atoms with Gasteiger partial charge in [-0.05, 0) is 18.9 Å². The molecule has 2 rings (SSSR count). The van der Waals surface area contributed by atoms with Gasteiger partial charge in [0.1, 0.15) is 0 Å². The van der Waals surface area contributed by atoms with Crippen LogP contribution < -0.4 is 5.32 Å². The molecular formula is C14H15N3O. The van der Waals surface area contributed by atoms with Crippen LogP contribution in [0, 0.1) is 11.3 Å². The molecule has 0 aliphatic rings. The van der Waals surface area contributed by atoms with Gasteiger partial charge in [-0.3, -0.25) is 4.79 Å². The van der Waals surface area contributed by atoms with E-state index >= 15 is 0 Å². The van der Waals surface area contributed by atoms with Gasteiger partial charge < -0.3 is 10.3 Å². The average Bonchev–Trinajstić information content (AvgIpc) is 2.82. The van der Waals surface area contributed by atoms with Crippen LogP contribution in [-0.2, 0) is 0 Å². The van der Waals surface area contributed by atoms with Crippen LogP contribution in [0.2, 0.25) is 0 Å². The molecule has 0 aliphatic carbocycles. The minimum Gasteiger partial charge on any atom is -0.360 e. The molecule has 0 saturated heterocycles. The maximum atomic E-state index is 12.0. The highest BCUT2D eigenvalue weighted by Gasteiger charge is 2.10. The summed E-state index contributed by atoms with van der Waals surface area (Å²) in [6, 6.07) is 9.81. The van der Waals surface area contributed by atoms with Gasteiger partial charge in [-0.15, -0.1) is 0 Å². The summed E-state index contributed by atoms with van der Waals surface area (Å²) < 4.78 is 0. The summed E-state index contributed by atoms with van der Waals surface area (Å²) in [4.78, 5) is 15.0. The lowest BCUT2D eigenvalue weighted by Gasteiger charge is -2.03. The fourth-order valence-corrected chi connectivity index (χ4v) is 1.89. The molecule has 0 atom stereocenters. The van der Waals surface area contributed by atoms with Crippen molar-refractivity contribution in [1.82, 2.24) is 10.3 Å². The Morgan fingerprint density at radius 3 is 3.00 bits per heavy atom. The summed E-state index contributed by atoms with van der Waals surface area (Å²) in [5, 5.41) is 12.2. The van der Waals surface area contributed by atoms with E-state index in [0.717, 1.165) is 23.7 Å². The van der Waals surface area contributed by atoms with Crippen molar-refractivity contribution in [3.8, 4) is 6.07 Å². The van der Waals surface area contributed by atoms with E-state index in [1.165, 1.54) is 0 Å². The lowest BCUT2D eigenvalue weighted by atomic mass is 10.1. The van der Waals surface area contributed by atoms with Gasteiger partial charge in [0.2, 0.25) is 0 Å². The molecule has 4 nitrogen and oxygen atoms in total. The predicted molar refractivity (Wildman–Crippen MR) is 70.1 cm³/mol. The number of nitrogens with one attached hydrogen (secondary N) is 2. The van der Waals surface area contributed by atoms with Gasteiger partial charge >= 0.3 is 0 Å². The summed E-state index contributed by atoms with van der Waals surface area (Å²) in [6.07, 6.45) is 3.94. The first-order valence-corrected chi connectivity index (χ1v) is 6.04. The molecule has 0 unspecified atom stereocenters. The van der Waals surface area contributed by atoms with Crippen LogP contribution in [0.15, 0.2) is 30.5 Å². The van der Waals surface area contributed by atoms with Gasteiger partial charge in [-0.25, -0.2) is 0 Å². The quantitative estimate of drug-likeness (QED) is 0.790. The van der Waals surface area contributed by atoms with Crippen molar-refractivity contribution >= 4 is 16.8 Å². The van der Waals surface area contributed by atoms with Crippen LogP contribution in [0.4, 0.5) is 0 Å². The monoisotopic (exact) mass is 241 g/mol. The molecule has 1 aromatic carbocycles. The second kappa shape index (κ2) is 5.87. The lowest BCUT2D eigenvalue weighted by Crippen LogP contribution is -2.24. The minimum absolute atomic E-state index is 0.0654. The van der Waals surface area contributed by atoms with Crippen molar-refractivity contribution in [2.45, 2.75) is 19.3 Å². The van der Waals surface area contributed by atoms with E-state index in [9.17, 15) is 4.79 Å². The molecule has 1 amide bonds. The van der Waals surface area contributed by atoms with Crippen molar-refractivity contribution in [2.24, 2.45) is 0 Å². The maximum absolute atomic E-state index is 12.0. The third kappa shape index (κ3) is 2.69. The maximum Gasteiger partial charge on any atom is 0.253 e. The van der Waals surface area contributed by atoms with E-state index in [0.29, 0.717) is 18.5 Å². The Kier molecular flexibility index (Phi) is 3.98. The molecule has 0 bridgehead atoms. The number of hydrogen-bond donors (Lipinski definition) is 2. The van der Waals surface area contributed by atoms with E-state index in [4.69, 9.17) is 5.26 Å². The number of nitrogens with zero attached hydrogens (tertiary/aromatic N) is 1. The fraction of sp³-hybridized carbons (Fsp3) is 0.286. The summed E-state index contributed by atoms with van der Waals surface area (Å²) >= 11 is 0. The molecule has 2 aromatic rings. The number of nitriles is 1. The molecule has 0 aliphatic heterocycles. The highest BCUT2D eigenvalue weighted by molar-refractivity contribution is 6.06. The Morgan fingerprint density at radius 1 is 1.33 bits per heavy atom. The zero-order chi connectivity index (χ0) is 12.8. The molecular weight excluding hydrogens is 226 g/mol. The van der Waals surface area contributed by atoms with Gasteiger partial charge in [0, 0.05) is 30.1 Å². The van der Waals surface area contributed by atoms with Crippen molar-refractivity contribution in [2.75, 3.05) is 6.54 Å². The van der Waals surface area contributed by atoms with Gasteiger partial charge in [-0.1, -0.05) is 18.2 Å². The molecule has 0 fully saturated rings. The molecule has 1 aromatic heterocycles. The number of H-pyrrole nitrogens is 1. The van der Waals surface area contributed by atoms with Crippen molar-refractivity contribution in [3.05, 3.63) is 36.0 Å². The zero-order valence-electron chi connectivity index (χ0n) is 10.1. The normalized spacial score (nSPS) is 10.2. The van der Waals surface area contributed by atoms with Crippen molar-refractivity contribution < 1.29 is 4.79 Å². The highest BCUT2D eigenvalue weighted by atomic mass is 16.1. The van der Waals surface area contributed by atoms with Crippen LogP contribution >= 0.6 is 0 Å². The summed E-state index contributed by atoms with van der Waals surface area (Å²) in [6.45, 7) is 0.611. The first kappa shape index (κ1) is 12.2. The fourth-order valence-electron chi connectivity index (χ4n) is 1.89. The summed E-state index contributed by atoms with van der Waals surface area (Å²) in [7, 11) is 0. The largest absolute Gasteiger partial charge is 0.360 e. The molecule has 2 N–H and O–H groups in total. The molecule has 18 heavy (non-hydrogen) atoms. The van der Waals surface area contributed by atoms with Gasteiger partial charge in [0.05, 0.1) is 11.6 Å². The topological polar surface area (TPSA) is 68.7 Å². The molecule has 0 radical (unpaired) electrons. The van der Waals surface area contributed by atoms with E-state index in [2.05, 4.69) is 16.4 Å². The standard InChI is InChI=1S/C14H15N3O/c15-8-4-1-5-9-16-14(18)12-10-17-13-7-3-2-6-11(12)13/h2-3,6-7,10,17H,1,4-5,9H2,(H,16,18). The Morgan fingerprint density at radius 2 is 2.17 bits per heavy atom. The minimum atomic E-state index is -0.0654. The van der Waals surface area contributed by atoms with Gasteiger partial charge in [-0.2, -0.15) is 5.26 Å². The smallest absolute Gasteiger partial charge is 0.253 e. The number of rotatable bonds is 5. The lowest BCUT2D eigenvalue weighted by molar-refractivity contribution is 0.0955. The van der Waals surface area contributed by atoms with Crippen LogP contribution in [0.1, 0.15) is 29.6 Å². The molecule has 4 heteroatoms. The Bertz CT molecular complexity index is 580. The zero-order valence-corrected chi connectivity index (χ0v) is 10.1. The van der Waals surface area contributed by atoms with Gasteiger partial charge in [0.25, 0.3) is 5.91 Å². The van der Waals surface area contributed by atoms with E-state index in [-0.39, 0.29) is 5.91 Å². The predicted octanol–water partition coefficient (Wildman–Crippen LogP) is 2.59. The number of unbranched alkanes of at least 4 members (excludes halogenated alkanes) is 2. The first-order valence-electron chi connectivity index (χ1n) is 6.04. The van der Waals surface area contributed by atoms with Crippen LogP contribution in [-0.4, -0.2) is 17.4 Å². The van der Waals surface area contributed by atoms with Crippen LogP contribution in [0.3, 0.4) is 0 Å². The number of aromatic nitrogens is 1. The Hall–Kier alpha value is -2.28. The number of benzene rings is 1. The second-order valence-corrected chi connectivity index (χ2v) is 4.12. The average molecular weight is 241 g/mol. The second-order valence-electron chi connectivity index (χ2n) is 4.12. The number of carbonyl (C=O) groups is 1. The number of hydrogen-bond acceptors (Lipinski definition) is 2. The van der Waals surface area contributed by atoms with Gasteiger partial charge in [0.15, 0.2) is 0 Å². The van der Waals surface area contributed by atoms with E-state index in [1.807, 2.05) is 24.3 Å². The van der Waals surface area contributed by atoms with E-state index < -0.39 is 0 Å². The van der Waals surface area contributed by atoms with Crippen molar-refractivity contribution in [3.63, 3.8) is 0 Å². The van der Waals surface area contributed by atoms with Crippen LogP contribution in [0.5, 0.6) is 0 Å². The van der Waals surface area contributed by atoms with E-state index in [1.54, 1.807) is 6.20 Å². The molecule has 0 saturated carbocycles. The number of para-hydroxylation sites is 1. The molecule has 1 heterocycles. The SMILES string of the molecule is N#CCCCCNC(=O)c1c[nH]c2ccccc12. The Balaban J connectivity index is 1.95. The highest BCUT2D eigenvalue weighted by Crippen LogP contribution is 2.17. The van der Waals surface area contributed by atoms with Crippen molar-refractivity contribution in [1.29, 1.82) is 5.26 Å². The number of carbonyl (C=O) groups excluding carboxylic acids is 1. The number of amides is 1. The number of aromatic amines is 1. The number of fused-ring (bicyclic) bond motifs is 1. The summed E-state index contributed by atoms with van der Waals surface area (Å²) in [5.41, 5.74) is 1.64. The Labute approximate surface area is 106 Å².